The summed E-state index contributed by atoms with van der Waals surface area (Å²) in [5, 5.41) is 13.6. The molecular weight excluding hydrogens is 283 g/mol. The van der Waals surface area contributed by atoms with E-state index in [2.05, 4.69) is 5.10 Å². The van der Waals surface area contributed by atoms with Crippen molar-refractivity contribution in [2.24, 2.45) is 5.92 Å². The molecular formula is C17H21FN2O2. The molecule has 1 saturated heterocycles. The van der Waals surface area contributed by atoms with Crippen molar-refractivity contribution in [2.75, 3.05) is 13.2 Å². The van der Waals surface area contributed by atoms with Crippen LogP contribution in [-0.4, -0.2) is 28.1 Å². The van der Waals surface area contributed by atoms with Crippen LogP contribution in [0.5, 0.6) is 0 Å². The van der Waals surface area contributed by atoms with Crippen molar-refractivity contribution in [3.05, 3.63) is 41.5 Å². The summed E-state index contributed by atoms with van der Waals surface area (Å²) >= 11 is 0. The lowest BCUT2D eigenvalue weighted by Gasteiger charge is -2.21. The van der Waals surface area contributed by atoms with E-state index in [1.807, 2.05) is 23.9 Å². The third-order valence-corrected chi connectivity index (χ3v) is 4.33. The number of aliphatic hydroxyl groups excluding tert-OH is 1. The maximum atomic E-state index is 14.0. The molecule has 118 valence electrons. The average Bonchev–Trinajstić information content (AvgIpc) is 2.96. The molecule has 2 aromatic rings. The van der Waals surface area contributed by atoms with Gasteiger partial charge in [0.2, 0.25) is 0 Å². The molecule has 0 aliphatic carbocycles. The minimum atomic E-state index is -0.366. The Balaban J connectivity index is 1.78. The van der Waals surface area contributed by atoms with E-state index >= 15 is 0 Å². The number of benzene rings is 1. The third kappa shape index (κ3) is 3.20. The lowest BCUT2D eigenvalue weighted by molar-refractivity contribution is 0.0601. The van der Waals surface area contributed by atoms with Gasteiger partial charge < -0.3 is 9.84 Å². The summed E-state index contributed by atoms with van der Waals surface area (Å²) in [6.45, 7) is 4.06. The van der Waals surface area contributed by atoms with Crippen molar-refractivity contribution >= 4 is 0 Å². The highest BCUT2D eigenvalue weighted by Crippen LogP contribution is 2.25. The largest absolute Gasteiger partial charge is 0.392 e. The van der Waals surface area contributed by atoms with Gasteiger partial charge >= 0.3 is 0 Å². The summed E-state index contributed by atoms with van der Waals surface area (Å²) in [4.78, 5) is 0. The molecule has 1 fully saturated rings. The van der Waals surface area contributed by atoms with Crippen molar-refractivity contribution in [3.8, 4) is 11.1 Å². The van der Waals surface area contributed by atoms with Crippen LogP contribution >= 0.6 is 0 Å². The zero-order chi connectivity index (χ0) is 15.5. The van der Waals surface area contributed by atoms with Crippen LogP contribution in [0.25, 0.3) is 11.1 Å². The zero-order valence-electron chi connectivity index (χ0n) is 12.8. The minimum Gasteiger partial charge on any atom is -0.392 e. The lowest BCUT2D eigenvalue weighted by Crippen LogP contribution is -2.20. The van der Waals surface area contributed by atoms with E-state index in [9.17, 15) is 9.50 Å². The molecule has 3 rings (SSSR count). The maximum Gasteiger partial charge on any atom is 0.129 e. The first-order valence-electron chi connectivity index (χ1n) is 7.68. The van der Waals surface area contributed by atoms with Gasteiger partial charge in [0.1, 0.15) is 5.82 Å². The molecule has 1 aliphatic heterocycles. The first-order valence-corrected chi connectivity index (χ1v) is 7.68. The fourth-order valence-corrected chi connectivity index (χ4v) is 2.95. The molecule has 1 N–H and O–H groups in total. The van der Waals surface area contributed by atoms with Crippen LogP contribution in [0.4, 0.5) is 4.39 Å². The minimum absolute atomic E-state index is 0.277. The van der Waals surface area contributed by atoms with E-state index in [1.165, 1.54) is 6.07 Å². The summed E-state index contributed by atoms with van der Waals surface area (Å²) in [6.07, 6.45) is 5.86. The van der Waals surface area contributed by atoms with Crippen LogP contribution < -0.4 is 0 Å². The van der Waals surface area contributed by atoms with Crippen molar-refractivity contribution < 1.29 is 14.2 Å². The van der Waals surface area contributed by atoms with Gasteiger partial charge in [-0.2, -0.15) is 5.10 Å². The van der Waals surface area contributed by atoms with Gasteiger partial charge in [0, 0.05) is 37.1 Å². The summed E-state index contributed by atoms with van der Waals surface area (Å²) in [5.41, 5.74) is 2.82. The normalized spacial score (nSPS) is 16.1. The van der Waals surface area contributed by atoms with Gasteiger partial charge in [0.15, 0.2) is 0 Å². The van der Waals surface area contributed by atoms with Crippen molar-refractivity contribution in [1.29, 1.82) is 0 Å². The van der Waals surface area contributed by atoms with Crippen LogP contribution in [0.2, 0.25) is 0 Å². The Morgan fingerprint density at radius 3 is 2.77 bits per heavy atom. The molecule has 0 spiro atoms. The quantitative estimate of drug-likeness (QED) is 0.945. The Kier molecular flexibility index (Phi) is 4.55. The van der Waals surface area contributed by atoms with E-state index in [0.29, 0.717) is 11.5 Å². The van der Waals surface area contributed by atoms with Gasteiger partial charge in [-0.25, -0.2) is 4.39 Å². The number of halogens is 1. The second-order valence-electron chi connectivity index (χ2n) is 5.92. The van der Waals surface area contributed by atoms with Crippen LogP contribution in [0, 0.1) is 18.7 Å². The number of aliphatic hydroxyl groups is 1. The fourth-order valence-electron chi connectivity index (χ4n) is 2.95. The lowest BCUT2D eigenvalue weighted by atomic mass is 10.0. The Labute approximate surface area is 129 Å². The maximum absolute atomic E-state index is 14.0. The van der Waals surface area contributed by atoms with E-state index in [0.717, 1.165) is 49.3 Å². The Bertz CT molecular complexity index is 625. The van der Waals surface area contributed by atoms with Crippen molar-refractivity contribution in [1.82, 2.24) is 9.78 Å². The number of rotatable bonds is 4. The van der Waals surface area contributed by atoms with E-state index in [-0.39, 0.29) is 12.4 Å². The molecule has 0 radical (unpaired) electrons. The van der Waals surface area contributed by atoms with Gasteiger partial charge in [0.05, 0.1) is 12.8 Å². The van der Waals surface area contributed by atoms with E-state index in [1.54, 1.807) is 6.20 Å². The molecule has 4 nitrogen and oxygen atoms in total. The van der Waals surface area contributed by atoms with Gasteiger partial charge in [0.25, 0.3) is 0 Å². The summed E-state index contributed by atoms with van der Waals surface area (Å²) < 4.78 is 21.3. The number of hydrogen-bond donors (Lipinski definition) is 1. The molecule has 0 atom stereocenters. The first-order chi connectivity index (χ1) is 10.7. The summed E-state index contributed by atoms with van der Waals surface area (Å²) in [5.74, 6) is 0.228. The number of aryl methyl sites for hydroxylation is 1. The predicted molar refractivity (Wildman–Crippen MR) is 81.8 cm³/mol. The average molecular weight is 304 g/mol. The van der Waals surface area contributed by atoms with Crippen LogP contribution in [0.1, 0.15) is 24.0 Å². The smallest absolute Gasteiger partial charge is 0.129 e. The zero-order valence-corrected chi connectivity index (χ0v) is 12.8. The summed E-state index contributed by atoms with van der Waals surface area (Å²) in [7, 11) is 0. The number of nitrogens with zero attached hydrogens (tertiary/aromatic N) is 2. The molecule has 0 amide bonds. The van der Waals surface area contributed by atoms with Crippen LogP contribution in [0.15, 0.2) is 24.5 Å². The molecule has 1 aromatic carbocycles. The molecule has 0 unspecified atom stereocenters. The molecule has 2 heterocycles. The topological polar surface area (TPSA) is 47.3 Å². The van der Waals surface area contributed by atoms with E-state index < -0.39 is 0 Å². The van der Waals surface area contributed by atoms with Crippen molar-refractivity contribution in [3.63, 3.8) is 0 Å². The molecule has 1 aromatic heterocycles. The number of aromatic nitrogens is 2. The fraction of sp³-hybridized carbons (Fsp3) is 0.471. The van der Waals surface area contributed by atoms with Gasteiger partial charge in [-0.1, -0.05) is 6.07 Å². The SMILES string of the molecule is Cc1cc(-c2cnn(CC3CCOCC3)c2)cc(F)c1CO. The van der Waals surface area contributed by atoms with E-state index in [4.69, 9.17) is 4.74 Å². The standard InChI is InChI=1S/C17H21FN2O2/c1-12-6-14(7-17(18)16(12)11-21)15-8-19-20(10-15)9-13-2-4-22-5-3-13/h6-8,10,13,21H,2-5,9,11H2,1H3. The molecule has 5 heteroatoms. The van der Waals surface area contributed by atoms with Crippen molar-refractivity contribution in [2.45, 2.75) is 32.9 Å². The second-order valence-corrected chi connectivity index (χ2v) is 5.92. The van der Waals surface area contributed by atoms with Gasteiger partial charge in [-0.05, 0) is 42.9 Å². The highest BCUT2D eigenvalue weighted by Gasteiger charge is 2.15. The molecule has 1 aliphatic rings. The highest BCUT2D eigenvalue weighted by atomic mass is 19.1. The Morgan fingerprint density at radius 2 is 2.09 bits per heavy atom. The van der Waals surface area contributed by atoms with Crippen LogP contribution in [0.3, 0.4) is 0 Å². The first kappa shape index (κ1) is 15.2. The monoisotopic (exact) mass is 304 g/mol. The Morgan fingerprint density at radius 1 is 1.32 bits per heavy atom. The van der Waals surface area contributed by atoms with Crippen LogP contribution in [-0.2, 0) is 17.9 Å². The highest BCUT2D eigenvalue weighted by molar-refractivity contribution is 5.63. The molecule has 0 saturated carbocycles. The Hall–Kier alpha value is -1.72. The predicted octanol–water partition coefficient (Wildman–Crippen LogP) is 2.92. The number of ether oxygens (including phenoxy) is 1. The summed E-state index contributed by atoms with van der Waals surface area (Å²) in [6, 6.07) is 3.36. The van der Waals surface area contributed by atoms with Gasteiger partial charge in [-0.15, -0.1) is 0 Å². The number of hydrogen-bond acceptors (Lipinski definition) is 3. The third-order valence-electron chi connectivity index (χ3n) is 4.33. The molecule has 0 bridgehead atoms. The second kappa shape index (κ2) is 6.58. The molecule has 22 heavy (non-hydrogen) atoms. The van der Waals surface area contributed by atoms with Gasteiger partial charge in [-0.3, -0.25) is 4.68 Å².